The van der Waals surface area contributed by atoms with Gasteiger partial charge in [0, 0.05) is 11.4 Å². The lowest BCUT2D eigenvalue weighted by atomic mass is 10.1. The Labute approximate surface area is 113 Å². The van der Waals surface area contributed by atoms with E-state index in [-0.39, 0.29) is 0 Å². The maximum absolute atomic E-state index is 5.89. The average Bonchev–Trinajstić information content (AvgIpc) is 2.76. The molecule has 1 aromatic rings. The molecule has 0 unspecified atom stereocenters. The van der Waals surface area contributed by atoms with Crippen molar-refractivity contribution in [2.24, 2.45) is 0 Å². The molecule has 1 aliphatic heterocycles. The molecule has 96 valence electrons. The molecule has 1 aromatic heterocycles. The Hall–Kier alpha value is -0.0900. The molecule has 0 aliphatic carbocycles. The smallest absolute Gasteiger partial charge is 0.0931 e. The van der Waals surface area contributed by atoms with E-state index in [1.165, 1.54) is 50.2 Å². The zero-order valence-electron chi connectivity index (χ0n) is 10.3. The molecule has 2 rings (SSSR count). The first-order valence-electron chi connectivity index (χ1n) is 6.52. The number of nitrogens with zero attached hydrogens (tertiary/aromatic N) is 1. The molecule has 0 bridgehead atoms. The van der Waals surface area contributed by atoms with Crippen LogP contribution in [-0.2, 0) is 6.54 Å². The van der Waals surface area contributed by atoms with Gasteiger partial charge >= 0.3 is 0 Å². The summed E-state index contributed by atoms with van der Waals surface area (Å²) in [6.45, 7) is 5.92. The first-order valence-corrected chi connectivity index (χ1v) is 7.71. The lowest BCUT2D eigenvalue weighted by Crippen LogP contribution is -2.32. The third-order valence-electron chi connectivity index (χ3n) is 3.20. The highest BCUT2D eigenvalue weighted by Gasteiger charge is 2.08. The van der Waals surface area contributed by atoms with E-state index in [0.29, 0.717) is 0 Å². The van der Waals surface area contributed by atoms with Crippen LogP contribution in [0, 0.1) is 0 Å². The minimum atomic E-state index is 0.884. The zero-order valence-corrected chi connectivity index (χ0v) is 11.8. The van der Waals surface area contributed by atoms with Gasteiger partial charge in [0.25, 0.3) is 0 Å². The number of hydrogen-bond acceptors (Lipinski definition) is 3. The van der Waals surface area contributed by atoms with Gasteiger partial charge in [-0.2, -0.15) is 0 Å². The largest absolute Gasteiger partial charge is 0.312 e. The van der Waals surface area contributed by atoms with Crippen molar-refractivity contribution in [1.82, 2.24) is 10.2 Å². The van der Waals surface area contributed by atoms with Crippen LogP contribution in [0.5, 0.6) is 0 Å². The van der Waals surface area contributed by atoms with E-state index >= 15 is 0 Å². The Morgan fingerprint density at radius 1 is 1.24 bits per heavy atom. The summed E-state index contributed by atoms with van der Waals surface area (Å²) >= 11 is 7.55. The SMILES string of the molecule is Clc1ccc(CNCCCN2CCCCC2)s1. The topological polar surface area (TPSA) is 15.3 Å². The minimum Gasteiger partial charge on any atom is -0.312 e. The van der Waals surface area contributed by atoms with Gasteiger partial charge in [-0.25, -0.2) is 0 Å². The Morgan fingerprint density at radius 3 is 2.76 bits per heavy atom. The number of rotatable bonds is 6. The molecule has 0 aromatic carbocycles. The van der Waals surface area contributed by atoms with Crippen molar-refractivity contribution < 1.29 is 0 Å². The average molecular weight is 273 g/mol. The van der Waals surface area contributed by atoms with Gasteiger partial charge in [0.05, 0.1) is 4.34 Å². The summed E-state index contributed by atoms with van der Waals surface area (Å²) in [6, 6.07) is 4.07. The second-order valence-electron chi connectivity index (χ2n) is 4.64. The molecule has 0 atom stereocenters. The lowest BCUT2D eigenvalue weighted by Gasteiger charge is -2.26. The van der Waals surface area contributed by atoms with Gasteiger partial charge in [0.2, 0.25) is 0 Å². The Morgan fingerprint density at radius 2 is 2.06 bits per heavy atom. The van der Waals surface area contributed by atoms with Gasteiger partial charge in [-0.05, 0) is 57.6 Å². The molecule has 2 heterocycles. The quantitative estimate of drug-likeness (QED) is 0.799. The first-order chi connectivity index (χ1) is 8.34. The van der Waals surface area contributed by atoms with E-state index in [1.54, 1.807) is 11.3 Å². The lowest BCUT2D eigenvalue weighted by molar-refractivity contribution is 0.226. The summed E-state index contributed by atoms with van der Waals surface area (Å²) < 4.78 is 0.884. The third kappa shape index (κ3) is 4.96. The standard InChI is InChI=1S/C13H21ClN2S/c14-13-6-5-12(17-13)11-15-7-4-10-16-8-2-1-3-9-16/h5-6,15H,1-4,7-11H2. The van der Waals surface area contributed by atoms with Crippen molar-refractivity contribution >= 4 is 22.9 Å². The summed E-state index contributed by atoms with van der Waals surface area (Å²) in [5, 5.41) is 3.48. The monoisotopic (exact) mass is 272 g/mol. The van der Waals surface area contributed by atoms with Crippen molar-refractivity contribution in [3.63, 3.8) is 0 Å². The van der Waals surface area contributed by atoms with Crippen LogP contribution in [0.15, 0.2) is 12.1 Å². The molecule has 2 nitrogen and oxygen atoms in total. The second kappa shape index (κ2) is 7.37. The van der Waals surface area contributed by atoms with Crippen LogP contribution in [0.2, 0.25) is 4.34 Å². The first kappa shape index (κ1) is 13.3. The Bertz CT molecular complexity index is 321. The van der Waals surface area contributed by atoms with Crippen LogP contribution < -0.4 is 5.32 Å². The van der Waals surface area contributed by atoms with E-state index in [2.05, 4.69) is 16.3 Å². The highest BCUT2D eigenvalue weighted by Crippen LogP contribution is 2.20. The number of likely N-dealkylation sites (tertiary alicyclic amines) is 1. The molecule has 4 heteroatoms. The summed E-state index contributed by atoms with van der Waals surface area (Å²) in [4.78, 5) is 3.92. The van der Waals surface area contributed by atoms with Crippen molar-refractivity contribution in [2.45, 2.75) is 32.2 Å². The molecule has 0 amide bonds. The Balaban J connectivity index is 1.51. The van der Waals surface area contributed by atoms with Crippen LogP contribution in [0.1, 0.15) is 30.6 Å². The van der Waals surface area contributed by atoms with Crippen LogP contribution in [-0.4, -0.2) is 31.1 Å². The van der Waals surface area contributed by atoms with Gasteiger partial charge in [-0.15, -0.1) is 11.3 Å². The second-order valence-corrected chi connectivity index (χ2v) is 6.44. The zero-order chi connectivity index (χ0) is 11.9. The van der Waals surface area contributed by atoms with Crippen LogP contribution >= 0.6 is 22.9 Å². The number of nitrogens with one attached hydrogen (secondary N) is 1. The normalized spacial score (nSPS) is 17.5. The summed E-state index contributed by atoms with van der Waals surface area (Å²) in [6.07, 6.45) is 5.45. The van der Waals surface area contributed by atoms with Crippen molar-refractivity contribution in [2.75, 3.05) is 26.2 Å². The fourth-order valence-electron chi connectivity index (χ4n) is 2.27. The van der Waals surface area contributed by atoms with Gasteiger partial charge < -0.3 is 10.2 Å². The molecule has 0 saturated carbocycles. The fraction of sp³-hybridized carbons (Fsp3) is 0.692. The molecule has 17 heavy (non-hydrogen) atoms. The highest BCUT2D eigenvalue weighted by atomic mass is 35.5. The van der Waals surface area contributed by atoms with Crippen molar-refractivity contribution in [3.05, 3.63) is 21.3 Å². The van der Waals surface area contributed by atoms with Gasteiger partial charge in [0.1, 0.15) is 0 Å². The third-order valence-corrected chi connectivity index (χ3v) is 4.44. The van der Waals surface area contributed by atoms with E-state index in [4.69, 9.17) is 11.6 Å². The molecule has 0 spiro atoms. The highest BCUT2D eigenvalue weighted by molar-refractivity contribution is 7.16. The number of halogens is 1. The van der Waals surface area contributed by atoms with E-state index in [9.17, 15) is 0 Å². The molecule has 1 fully saturated rings. The molecule has 1 aliphatic rings. The van der Waals surface area contributed by atoms with E-state index in [1.807, 2.05) is 6.07 Å². The van der Waals surface area contributed by atoms with Crippen LogP contribution in [0.3, 0.4) is 0 Å². The predicted octanol–water partition coefficient (Wildman–Crippen LogP) is 3.37. The van der Waals surface area contributed by atoms with Crippen LogP contribution in [0.25, 0.3) is 0 Å². The predicted molar refractivity (Wildman–Crippen MR) is 75.9 cm³/mol. The summed E-state index contributed by atoms with van der Waals surface area (Å²) in [5.41, 5.74) is 0. The van der Waals surface area contributed by atoms with Crippen LogP contribution in [0.4, 0.5) is 0 Å². The molecular formula is C13H21ClN2S. The summed E-state index contributed by atoms with van der Waals surface area (Å²) in [7, 11) is 0. The maximum Gasteiger partial charge on any atom is 0.0931 e. The molecule has 0 radical (unpaired) electrons. The van der Waals surface area contributed by atoms with E-state index in [0.717, 1.165) is 17.4 Å². The molecular weight excluding hydrogens is 252 g/mol. The molecule has 1 saturated heterocycles. The fourth-order valence-corrected chi connectivity index (χ4v) is 3.33. The van der Waals surface area contributed by atoms with E-state index < -0.39 is 0 Å². The number of thiophene rings is 1. The number of hydrogen-bond donors (Lipinski definition) is 1. The molecule has 1 N–H and O–H groups in total. The van der Waals surface area contributed by atoms with Crippen molar-refractivity contribution in [1.29, 1.82) is 0 Å². The maximum atomic E-state index is 5.89. The van der Waals surface area contributed by atoms with Gasteiger partial charge in [-0.3, -0.25) is 0 Å². The Kier molecular flexibility index (Phi) is 5.78. The van der Waals surface area contributed by atoms with Gasteiger partial charge in [-0.1, -0.05) is 18.0 Å². The minimum absolute atomic E-state index is 0.884. The van der Waals surface area contributed by atoms with Crippen molar-refractivity contribution in [3.8, 4) is 0 Å². The number of piperidine rings is 1. The van der Waals surface area contributed by atoms with Gasteiger partial charge in [0.15, 0.2) is 0 Å². The summed E-state index contributed by atoms with van der Waals surface area (Å²) in [5.74, 6) is 0.